The van der Waals surface area contributed by atoms with Crippen LogP contribution in [0.3, 0.4) is 0 Å². The standard InChI is InChI=1S/C28H23N5O4/c1-16-12-14-17(15-13-16)24-22-25(30(2)28(35)31(3)27(22)34)26-23(18-8-4-6-10-20(18)33(36)37)29-19-9-5-7-11-21(19)32(24)26/h4-15,23,29H,1-3H3/t23-/m0/s1. The quantitative estimate of drug-likeness (QED) is 0.296. The molecule has 37 heavy (non-hydrogen) atoms. The molecule has 0 fully saturated rings. The van der Waals surface area contributed by atoms with Gasteiger partial charge in [0.05, 0.1) is 44.2 Å². The van der Waals surface area contributed by atoms with Crippen LogP contribution in [-0.2, 0) is 14.1 Å². The predicted octanol–water partition coefficient (Wildman–Crippen LogP) is 4.43. The third-order valence-electron chi connectivity index (χ3n) is 7.10. The van der Waals surface area contributed by atoms with E-state index < -0.39 is 22.2 Å². The van der Waals surface area contributed by atoms with Crippen LogP contribution in [0, 0.1) is 17.0 Å². The van der Waals surface area contributed by atoms with Crippen molar-refractivity contribution in [2.75, 3.05) is 5.32 Å². The van der Waals surface area contributed by atoms with Gasteiger partial charge in [-0.2, -0.15) is 0 Å². The normalized spacial score (nSPS) is 14.2. The topological polar surface area (TPSA) is 104 Å². The molecule has 184 valence electrons. The second-order valence-corrected chi connectivity index (χ2v) is 9.28. The minimum Gasteiger partial charge on any atom is -0.371 e. The van der Waals surface area contributed by atoms with Crippen LogP contribution >= 0.6 is 0 Å². The van der Waals surface area contributed by atoms with E-state index >= 15 is 0 Å². The third-order valence-corrected chi connectivity index (χ3v) is 7.10. The zero-order valence-electron chi connectivity index (χ0n) is 20.4. The Labute approximate surface area is 211 Å². The van der Waals surface area contributed by atoms with Crippen LogP contribution in [0.25, 0.3) is 27.8 Å². The number of anilines is 1. The van der Waals surface area contributed by atoms with E-state index in [9.17, 15) is 19.7 Å². The Bertz CT molecular complexity index is 1860. The van der Waals surface area contributed by atoms with Gasteiger partial charge in [-0.25, -0.2) is 4.79 Å². The molecule has 0 radical (unpaired) electrons. The number of rotatable bonds is 3. The first-order valence-corrected chi connectivity index (χ1v) is 11.8. The lowest BCUT2D eigenvalue weighted by Crippen LogP contribution is -2.37. The van der Waals surface area contributed by atoms with Crippen LogP contribution in [0.15, 0.2) is 82.4 Å². The van der Waals surface area contributed by atoms with Gasteiger partial charge in [0, 0.05) is 20.2 Å². The van der Waals surface area contributed by atoms with Gasteiger partial charge in [-0.1, -0.05) is 54.1 Å². The molecule has 1 aliphatic rings. The molecular weight excluding hydrogens is 470 g/mol. The summed E-state index contributed by atoms with van der Waals surface area (Å²) in [5.74, 6) is 0. The smallest absolute Gasteiger partial charge is 0.331 e. The molecule has 3 heterocycles. The highest BCUT2D eigenvalue weighted by atomic mass is 16.6. The Hall–Kier alpha value is -4.92. The minimum absolute atomic E-state index is 0.0500. The maximum absolute atomic E-state index is 13.7. The van der Waals surface area contributed by atoms with Gasteiger partial charge in [0.25, 0.3) is 11.2 Å². The molecule has 2 aromatic heterocycles. The summed E-state index contributed by atoms with van der Waals surface area (Å²) >= 11 is 0. The molecule has 0 unspecified atom stereocenters. The van der Waals surface area contributed by atoms with Crippen molar-refractivity contribution in [2.45, 2.75) is 13.0 Å². The highest BCUT2D eigenvalue weighted by Gasteiger charge is 2.37. The van der Waals surface area contributed by atoms with Crippen molar-refractivity contribution in [3.8, 4) is 16.9 Å². The summed E-state index contributed by atoms with van der Waals surface area (Å²) in [6.45, 7) is 1.99. The first kappa shape index (κ1) is 22.5. The molecule has 0 aliphatic carbocycles. The van der Waals surface area contributed by atoms with E-state index in [0.29, 0.717) is 27.9 Å². The summed E-state index contributed by atoms with van der Waals surface area (Å²) in [5.41, 5.74) is 4.58. The average Bonchev–Trinajstić information content (AvgIpc) is 3.27. The molecule has 9 heteroatoms. The lowest BCUT2D eigenvalue weighted by molar-refractivity contribution is -0.385. The summed E-state index contributed by atoms with van der Waals surface area (Å²) in [6.07, 6.45) is 0. The molecule has 0 saturated heterocycles. The lowest BCUT2D eigenvalue weighted by Gasteiger charge is -2.31. The number of fused-ring (bicyclic) bond motifs is 5. The van der Waals surface area contributed by atoms with E-state index in [1.807, 2.05) is 60.0 Å². The van der Waals surface area contributed by atoms with Crippen molar-refractivity contribution in [3.05, 3.63) is 121 Å². The molecule has 6 rings (SSSR count). The van der Waals surface area contributed by atoms with Gasteiger partial charge < -0.3 is 9.88 Å². The molecule has 0 bridgehead atoms. The Balaban J connectivity index is 1.87. The molecule has 0 spiro atoms. The molecular formula is C28H23N5O4. The van der Waals surface area contributed by atoms with E-state index in [1.54, 1.807) is 25.2 Å². The second-order valence-electron chi connectivity index (χ2n) is 9.28. The maximum atomic E-state index is 13.7. The monoisotopic (exact) mass is 493 g/mol. The van der Waals surface area contributed by atoms with Crippen LogP contribution in [0.4, 0.5) is 11.4 Å². The summed E-state index contributed by atoms with van der Waals surface area (Å²) in [5, 5.41) is 15.9. The number of benzene rings is 3. The predicted molar refractivity (Wildman–Crippen MR) is 142 cm³/mol. The molecule has 1 atom stereocenters. The number of aromatic nitrogens is 3. The zero-order valence-corrected chi connectivity index (χ0v) is 20.4. The Morgan fingerprint density at radius 3 is 2.30 bits per heavy atom. The number of aryl methyl sites for hydroxylation is 2. The maximum Gasteiger partial charge on any atom is 0.331 e. The first-order chi connectivity index (χ1) is 17.8. The molecule has 1 N–H and O–H groups in total. The van der Waals surface area contributed by atoms with Crippen molar-refractivity contribution in [3.63, 3.8) is 0 Å². The van der Waals surface area contributed by atoms with E-state index in [1.165, 1.54) is 17.7 Å². The SMILES string of the molecule is Cc1ccc(-c2c3c(=O)n(C)c(=O)n(C)c3c3n2-c2ccccc2N[C@H]3c2ccccc2[N+](=O)[O-])cc1. The largest absolute Gasteiger partial charge is 0.371 e. The Kier molecular flexibility index (Phi) is 4.91. The number of nitrogens with zero attached hydrogens (tertiary/aromatic N) is 4. The van der Waals surface area contributed by atoms with Gasteiger partial charge in [0.2, 0.25) is 0 Å². The summed E-state index contributed by atoms with van der Waals surface area (Å²) < 4.78 is 4.53. The van der Waals surface area contributed by atoms with E-state index in [2.05, 4.69) is 5.32 Å². The van der Waals surface area contributed by atoms with Gasteiger partial charge in [0.15, 0.2) is 0 Å². The molecule has 0 saturated carbocycles. The van der Waals surface area contributed by atoms with Crippen LogP contribution < -0.4 is 16.6 Å². The van der Waals surface area contributed by atoms with E-state index in [-0.39, 0.29) is 5.69 Å². The highest BCUT2D eigenvalue weighted by Crippen LogP contribution is 2.46. The summed E-state index contributed by atoms with van der Waals surface area (Å²) in [6, 6.07) is 21.3. The van der Waals surface area contributed by atoms with Gasteiger partial charge in [-0.05, 0) is 30.7 Å². The van der Waals surface area contributed by atoms with Crippen molar-refractivity contribution >= 4 is 22.3 Å². The van der Waals surface area contributed by atoms with Crippen LogP contribution in [0.1, 0.15) is 22.9 Å². The fraction of sp³-hybridized carbons (Fsp3) is 0.143. The van der Waals surface area contributed by atoms with Crippen molar-refractivity contribution < 1.29 is 4.92 Å². The van der Waals surface area contributed by atoms with Gasteiger partial charge >= 0.3 is 5.69 Å². The summed E-state index contributed by atoms with van der Waals surface area (Å²) in [4.78, 5) is 38.5. The molecule has 1 aliphatic heterocycles. The van der Waals surface area contributed by atoms with Gasteiger partial charge in [-0.15, -0.1) is 0 Å². The second kappa shape index (κ2) is 8.06. The van der Waals surface area contributed by atoms with Crippen LogP contribution in [0.5, 0.6) is 0 Å². The fourth-order valence-corrected chi connectivity index (χ4v) is 5.33. The fourth-order valence-electron chi connectivity index (χ4n) is 5.33. The van der Waals surface area contributed by atoms with Crippen LogP contribution in [-0.4, -0.2) is 18.6 Å². The molecule has 5 aromatic rings. The molecule has 9 nitrogen and oxygen atoms in total. The lowest BCUT2D eigenvalue weighted by atomic mass is 9.98. The Morgan fingerprint density at radius 1 is 0.892 bits per heavy atom. The van der Waals surface area contributed by atoms with Gasteiger partial charge in [-0.3, -0.25) is 24.0 Å². The average molecular weight is 494 g/mol. The van der Waals surface area contributed by atoms with Crippen molar-refractivity contribution in [1.82, 2.24) is 13.7 Å². The number of para-hydroxylation sites is 3. The third kappa shape index (κ3) is 3.17. The van der Waals surface area contributed by atoms with Crippen molar-refractivity contribution in [1.29, 1.82) is 0 Å². The minimum atomic E-state index is -0.698. The van der Waals surface area contributed by atoms with E-state index in [0.717, 1.165) is 27.1 Å². The highest BCUT2D eigenvalue weighted by molar-refractivity contribution is 5.99. The van der Waals surface area contributed by atoms with Crippen molar-refractivity contribution in [2.24, 2.45) is 14.1 Å². The zero-order chi connectivity index (χ0) is 26.0. The number of nitrogens with one attached hydrogen (secondary N) is 1. The number of hydrogen-bond donors (Lipinski definition) is 1. The first-order valence-electron chi connectivity index (χ1n) is 11.8. The molecule has 0 amide bonds. The summed E-state index contributed by atoms with van der Waals surface area (Å²) in [7, 11) is 3.09. The van der Waals surface area contributed by atoms with Crippen LogP contribution in [0.2, 0.25) is 0 Å². The number of hydrogen-bond acceptors (Lipinski definition) is 5. The van der Waals surface area contributed by atoms with E-state index in [4.69, 9.17) is 0 Å². The Morgan fingerprint density at radius 2 is 1.57 bits per heavy atom. The number of nitro benzene ring substituents is 1. The number of nitro groups is 1. The molecule has 3 aromatic carbocycles. The van der Waals surface area contributed by atoms with Gasteiger partial charge in [0.1, 0.15) is 6.04 Å².